The number of carbonyl (C=O) groups is 1. The van der Waals surface area contributed by atoms with E-state index >= 15 is 0 Å². The highest BCUT2D eigenvalue weighted by atomic mass is 16.5. The quantitative estimate of drug-likeness (QED) is 0.469. The fraction of sp³-hybridized carbons (Fsp3) is 0.357. The van der Waals surface area contributed by atoms with Gasteiger partial charge >= 0.3 is 5.97 Å². The molecule has 2 aromatic rings. The van der Waals surface area contributed by atoms with Gasteiger partial charge in [0.2, 0.25) is 6.54 Å². The minimum absolute atomic E-state index is 0.344. The van der Waals surface area contributed by atoms with E-state index in [1.54, 1.807) is 11.3 Å². The molecule has 0 fully saturated rings. The molecule has 98 valence electrons. The van der Waals surface area contributed by atoms with Crippen LogP contribution in [-0.4, -0.2) is 28.5 Å². The summed E-state index contributed by atoms with van der Waals surface area (Å²) in [6.07, 6.45) is 5.05. The van der Waals surface area contributed by atoms with Crippen LogP contribution in [0.3, 0.4) is 0 Å². The average molecular weight is 257 g/mol. The van der Waals surface area contributed by atoms with E-state index in [0.29, 0.717) is 18.8 Å². The Hall–Kier alpha value is -2.35. The summed E-state index contributed by atoms with van der Waals surface area (Å²) in [5, 5.41) is 0. The van der Waals surface area contributed by atoms with Gasteiger partial charge in [-0.05, 0) is 25.0 Å². The molecule has 0 spiro atoms. The summed E-state index contributed by atoms with van der Waals surface area (Å²) in [7, 11) is 0. The molecule has 0 atom stereocenters. The van der Waals surface area contributed by atoms with E-state index < -0.39 is 0 Å². The van der Waals surface area contributed by atoms with Crippen LogP contribution < -0.4 is 0 Å². The fourth-order valence-electron chi connectivity index (χ4n) is 1.89. The zero-order chi connectivity index (χ0) is 13.7. The summed E-state index contributed by atoms with van der Waals surface area (Å²) in [6.45, 7) is 9.40. The third kappa shape index (κ3) is 2.91. The van der Waals surface area contributed by atoms with Crippen LogP contribution in [0.15, 0.2) is 24.5 Å². The monoisotopic (exact) mass is 257 g/mol. The topological polar surface area (TPSA) is 48.0 Å². The number of hydrogen-bond acceptors (Lipinski definition) is 3. The molecule has 0 saturated carbocycles. The lowest BCUT2D eigenvalue weighted by Gasteiger charge is -2.04. The Morgan fingerprint density at radius 1 is 1.53 bits per heavy atom. The van der Waals surface area contributed by atoms with Crippen LogP contribution in [0.5, 0.6) is 0 Å². The number of ether oxygens (including phenoxy) is 1. The Kier molecular flexibility index (Phi) is 4.14. The number of nitrogens with zero attached hydrogens (tertiary/aromatic N) is 3. The van der Waals surface area contributed by atoms with Crippen molar-refractivity contribution in [2.75, 3.05) is 13.2 Å². The van der Waals surface area contributed by atoms with E-state index in [1.807, 2.05) is 18.3 Å². The van der Waals surface area contributed by atoms with Crippen molar-refractivity contribution in [3.05, 3.63) is 47.2 Å². The molecule has 2 rings (SSSR count). The zero-order valence-electron chi connectivity index (χ0n) is 10.8. The van der Waals surface area contributed by atoms with Crippen LogP contribution in [0.2, 0.25) is 0 Å². The van der Waals surface area contributed by atoms with Gasteiger partial charge in [0.25, 0.3) is 0 Å². The van der Waals surface area contributed by atoms with E-state index in [9.17, 15) is 4.79 Å². The summed E-state index contributed by atoms with van der Waals surface area (Å²) in [5.41, 5.74) is 2.24. The lowest BCUT2D eigenvalue weighted by Crippen LogP contribution is -2.08. The molecule has 0 N–H and O–H groups in total. The minimum Gasteiger partial charge on any atom is -0.461 e. The van der Waals surface area contributed by atoms with Crippen LogP contribution in [0.25, 0.3) is 10.5 Å². The Morgan fingerprint density at radius 3 is 3.11 bits per heavy atom. The van der Waals surface area contributed by atoms with E-state index in [0.717, 1.165) is 24.1 Å². The fourth-order valence-corrected chi connectivity index (χ4v) is 1.89. The maximum atomic E-state index is 11.8. The van der Waals surface area contributed by atoms with Gasteiger partial charge in [0.15, 0.2) is 5.69 Å². The summed E-state index contributed by atoms with van der Waals surface area (Å²) in [4.78, 5) is 19.3. The Balaban J connectivity index is 2.27. The number of hydrogen-bond donors (Lipinski definition) is 0. The second-order valence-electron chi connectivity index (χ2n) is 4.11. The predicted molar refractivity (Wildman–Crippen MR) is 70.9 cm³/mol. The van der Waals surface area contributed by atoms with Gasteiger partial charge in [-0.2, -0.15) is 0 Å². The van der Waals surface area contributed by atoms with Gasteiger partial charge in [-0.3, -0.25) is 4.40 Å². The number of carbonyl (C=O) groups excluding carboxylic acids is 1. The number of imidazole rings is 1. The van der Waals surface area contributed by atoms with Gasteiger partial charge in [-0.15, -0.1) is 0 Å². The van der Waals surface area contributed by atoms with Gasteiger partial charge in [-0.25, -0.2) is 16.4 Å². The Morgan fingerprint density at radius 2 is 2.37 bits per heavy atom. The lowest BCUT2D eigenvalue weighted by molar-refractivity contribution is 0.0518. The molecule has 0 amide bonds. The lowest BCUT2D eigenvalue weighted by atomic mass is 10.1. The molecule has 5 nitrogen and oxygen atoms in total. The standard InChI is InChI=1S/C14H15N3O2/c1-3-19-14(18)12-9-16-13-7-6-11(10-17(12)13)5-4-8-15-2/h6-7,9-10H,3-5,8H2,1H3. The van der Waals surface area contributed by atoms with Crippen molar-refractivity contribution in [3.63, 3.8) is 0 Å². The van der Waals surface area contributed by atoms with Crippen molar-refractivity contribution >= 4 is 11.6 Å². The highest BCUT2D eigenvalue weighted by Crippen LogP contribution is 2.12. The molecule has 0 aliphatic rings. The van der Waals surface area contributed by atoms with Crippen molar-refractivity contribution in [2.45, 2.75) is 19.8 Å². The normalized spacial score (nSPS) is 10.3. The molecular weight excluding hydrogens is 242 g/mol. The molecule has 0 aliphatic carbocycles. The summed E-state index contributed by atoms with van der Waals surface area (Å²) in [6, 6.07) is 3.84. The maximum Gasteiger partial charge on any atom is 0.356 e. The first-order valence-corrected chi connectivity index (χ1v) is 6.22. The van der Waals surface area contributed by atoms with E-state index in [4.69, 9.17) is 11.3 Å². The Labute approximate surface area is 111 Å². The van der Waals surface area contributed by atoms with E-state index in [1.165, 1.54) is 6.20 Å². The minimum atomic E-state index is -0.367. The van der Waals surface area contributed by atoms with Crippen LogP contribution in [0.1, 0.15) is 29.4 Å². The maximum absolute atomic E-state index is 11.8. The SMILES string of the molecule is [C-]#[N+]CCCc1ccc2ncc(C(=O)OCC)n2c1. The predicted octanol–water partition coefficient (Wildman–Crippen LogP) is 2.36. The molecule has 5 heteroatoms. The first-order chi connectivity index (χ1) is 9.26. The van der Waals surface area contributed by atoms with E-state index in [-0.39, 0.29) is 5.97 Å². The van der Waals surface area contributed by atoms with Gasteiger partial charge < -0.3 is 9.58 Å². The van der Waals surface area contributed by atoms with Crippen molar-refractivity contribution in [3.8, 4) is 0 Å². The largest absolute Gasteiger partial charge is 0.461 e. The molecule has 2 heterocycles. The summed E-state index contributed by atoms with van der Waals surface area (Å²) < 4.78 is 6.73. The number of aromatic nitrogens is 2. The molecule has 19 heavy (non-hydrogen) atoms. The number of aryl methyl sites for hydroxylation is 1. The van der Waals surface area contributed by atoms with Crippen molar-refractivity contribution in [1.82, 2.24) is 9.38 Å². The van der Waals surface area contributed by atoms with Gasteiger partial charge in [0.05, 0.1) is 12.8 Å². The molecule has 0 radical (unpaired) electrons. The highest BCUT2D eigenvalue weighted by molar-refractivity contribution is 5.88. The summed E-state index contributed by atoms with van der Waals surface area (Å²) >= 11 is 0. The van der Waals surface area contributed by atoms with Crippen LogP contribution in [0, 0.1) is 6.57 Å². The third-order valence-electron chi connectivity index (χ3n) is 2.79. The molecule has 2 aromatic heterocycles. The first-order valence-electron chi connectivity index (χ1n) is 6.22. The van der Waals surface area contributed by atoms with Crippen molar-refractivity contribution < 1.29 is 9.53 Å². The molecular formula is C14H15N3O2. The van der Waals surface area contributed by atoms with Gasteiger partial charge in [-0.1, -0.05) is 6.07 Å². The average Bonchev–Trinajstić information content (AvgIpc) is 2.82. The number of rotatable bonds is 5. The van der Waals surface area contributed by atoms with Gasteiger partial charge in [0, 0.05) is 12.6 Å². The zero-order valence-corrected chi connectivity index (χ0v) is 10.8. The van der Waals surface area contributed by atoms with Crippen LogP contribution >= 0.6 is 0 Å². The van der Waals surface area contributed by atoms with Gasteiger partial charge in [0.1, 0.15) is 5.65 Å². The smallest absolute Gasteiger partial charge is 0.356 e. The first kappa shape index (κ1) is 13.1. The van der Waals surface area contributed by atoms with Crippen LogP contribution in [0.4, 0.5) is 0 Å². The molecule has 0 bridgehead atoms. The second kappa shape index (κ2) is 6.01. The van der Waals surface area contributed by atoms with E-state index in [2.05, 4.69) is 9.83 Å². The Bertz CT molecular complexity index is 625. The number of esters is 1. The second-order valence-corrected chi connectivity index (χ2v) is 4.11. The number of pyridine rings is 1. The molecule has 0 aromatic carbocycles. The third-order valence-corrected chi connectivity index (χ3v) is 2.79. The highest BCUT2D eigenvalue weighted by Gasteiger charge is 2.13. The molecule has 0 saturated heterocycles. The van der Waals surface area contributed by atoms with Crippen LogP contribution in [-0.2, 0) is 11.2 Å². The van der Waals surface area contributed by atoms with Crippen molar-refractivity contribution in [2.24, 2.45) is 0 Å². The summed E-state index contributed by atoms with van der Waals surface area (Å²) in [5.74, 6) is -0.367. The number of fused-ring (bicyclic) bond motifs is 1. The van der Waals surface area contributed by atoms with Crippen molar-refractivity contribution in [1.29, 1.82) is 0 Å². The molecule has 0 unspecified atom stereocenters. The molecule has 0 aliphatic heterocycles.